The first-order chi connectivity index (χ1) is 16.5. The fourth-order valence-corrected chi connectivity index (χ4v) is 7.94. The van der Waals surface area contributed by atoms with Crippen molar-refractivity contribution in [3.63, 3.8) is 0 Å². The first kappa shape index (κ1) is 21.9. The molecule has 1 amide bonds. The minimum absolute atomic E-state index is 0.100. The second kappa shape index (κ2) is 8.57. The van der Waals surface area contributed by atoms with Gasteiger partial charge in [0, 0.05) is 23.9 Å². The molecule has 34 heavy (non-hydrogen) atoms. The number of hydrogen-bond donors (Lipinski definition) is 2. The Morgan fingerprint density at radius 1 is 1.18 bits per heavy atom. The first-order valence-corrected chi connectivity index (χ1v) is 13.2. The van der Waals surface area contributed by atoms with Gasteiger partial charge in [-0.3, -0.25) is 14.5 Å². The van der Waals surface area contributed by atoms with Gasteiger partial charge in [-0.15, -0.1) is 10.2 Å². The van der Waals surface area contributed by atoms with Crippen LogP contribution in [0.4, 0.5) is 5.13 Å². The van der Waals surface area contributed by atoms with Gasteiger partial charge in [0.1, 0.15) is 10.8 Å². The van der Waals surface area contributed by atoms with E-state index in [1.165, 1.54) is 38.5 Å². The SMILES string of the molecule is COc1ccc(-c2n[nH]c(=S)n2CCC(=O)Nc2nnc(C34CC5CC(CC(C5)C3)C4)s2)cc1. The second-order valence-electron chi connectivity index (χ2n) is 10.1. The maximum Gasteiger partial charge on any atom is 0.227 e. The summed E-state index contributed by atoms with van der Waals surface area (Å²) in [5.74, 6) is 3.93. The standard InChI is InChI=1S/C24H28N6O2S2/c1-32-18-4-2-17(3-5-18)20-26-29-23(33)30(20)7-6-19(31)25-22-28-27-21(34-22)24-11-14-8-15(12-24)10-16(9-14)13-24/h2-5,14-16H,6-13H2,1H3,(H,29,33)(H,25,28,31). The van der Waals surface area contributed by atoms with Crippen LogP contribution in [-0.4, -0.2) is 38.0 Å². The number of amides is 1. The van der Waals surface area contributed by atoms with Crippen LogP contribution in [0.15, 0.2) is 24.3 Å². The number of nitrogens with zero attached hydrogens (tertiary/aromatic N) is 4. The minimum atomic E-state index is -0.100. The van der Waals surface area contributed by atoms with Gasteiger partial charge in [-0.25, -0.2) is 0 Å². The van der Waals surface area contributed by atoms with Crippen LogP contribution in [0.25, 0.3) is 11.4 Å². The molecule has 4 aliphatic rings. The molecular weight excluding hydrogens is 468 g/mol. The lowest BCUT2D eigenvalue weighted by molar-refractivity contribution is -0.116. The fraction of sp³-hybridized carbons (Fsp3) is 0.542. The number of anilines is 1. The van der Waals surface area contributed by atoms with Gasteiger partial charge < -0.3 is 10.1 Å². The fourth-order valence-electron chi connectivity index (χ4n) is 6.74. The Bertz CT molecular complexity index is 1230. The summed E-state index contributed by atoms with van der Waals surface area (Å²) in [4.78, 5) is 12.7. The number of aromatic nitrogens is 5. The molecule has 0 atom stereocenters. The Morgan fingerprint density at radius 3 is 2.50 bits per heavy atom. The lowest BCUT2D eigenvalue weighted by Gasteiger charge is -2.55. The predicted molar refractivity (Wildman–Crippen MR) is 132 cm³/mol. The van der Waals surface area contributed by atoms with Crippen molar-refractivity contribution in [2.24, 2.45) is 17.8 Å². The summed E-state index contributed by atoms with van der Waals surface area (Å²) in [6, 6.07) is 7.60. The first-order valence-electron chi connectivity index (χ1n) is 11.9. The summed E-state index contributed by atoms with van der Waals surface area (Å²) in [5, 5.41) is 20.8. The van der Waals surface area contributed by atoms with Crippen LogP contribution in [0, 0.1) is 22.5 Å². The number of methoxy groups -OCH3 is 1. The number of carbonyl (C=O) groups excluding carboxylic acids is 1. The molecule has 10 heteroatoms. The van der Waals surface area contributed by atoms with Gasteiger partial charge in [0.05, 0.1) is 7.11 Å². The van der Waals surface area contributed by atoms with Crippen molar-refractivity contribution in [3.05, 3.63) is 34.0 Å². The third-order valence-electron chi connectivity index (χ3n) is 7.83. The smallest absolute Gasteiger partial charge is 0.227 e. The summed E-state index contributed by atoms with van der Waals surface area (Å²) >= 11 is 6.97. The maximum atomic E-state index is 12.7. The molecule has 4 fully saturated rings. The highest BCUT2D eigenvalue weighted by Crippen LogP contribution is 2.61. The summed E-state index contributed by atoms with van der Waals surface area (Å²) in [5.41, 5.74) is 1.10. The molecule has 0 saturated heterocycles. The quantitative estimate of drug-likeness (QED) is 0.449. The number of benzene rings is 1. The van der Waals surface area contributed by atoms with E-state index in [1.807, 2.05) is 28.8 Å². The highest BCUT2D eigenvalue weighted by Gasteiger charge is 2.53. The zero-order valence-corrected chi connectivity index (χ0v) is 20.8. The molecule has 0 unspecified atom stereocenters. The van der Waals surface area contributed by atoms with E-state index in [0.717, 1.165) is 34.1 Å². The van der Waals surface area contributed by atoms with E-state index in [2.05, 4.69) is 25.7 Å². The molecule has 4 aliphatic carbocycles. The van der Waals surface area contributed by atoms with Crippen LogP contribution in [0.5, 0.6) is 5.75 Å². The average Bonchev–Trinajstić information content (AvgIpc) is 3.44. The number of aromatic amines is 1. The zero-order valence-electron chi connectivity index (χ0n) is 19.1. The Labute approximate surface area is 207 Å². The Balaban J connectivity index is 1.11. The van der Waals surface area contributed by atoms with Crippen molar-refractivity contribution in [1.29, 1.82) is 0 Å². The molecule has 0 radical (unpaired) electrons. The monoisotopic (exact) mass is 496 g/mol. The number of carbonyl (C=O) groups is 1. The number of hydrogen-bond acceptors (Lipinski definition) is 7. The molecule has 0 spiro atoms. The molecule has 4 saturated carbocycles. The molecular formula is C24H28N6O2S2. The van der Waals surface area contributed by atoms with Gasteiger partial charge in [-0.2, -0.15) is 5.10 Å². The van der Waals surface area contributed by atoms with Crippen LogP contribution in [0.2, 0.25) is 0 Å². The highest BCUT2D eigenvalue weighted by atomic mass is 32.1. The number of ether oxygens (including phenoxy) is 1. The topological polar surface area (TPSA) is 97.7 Å². The van der Waals surface area contributed by atoms with Gasteiger partial charge in [0.15, 0.2) is 10.6 Å². The maximum absolute atomic E-state index is 12.7. The van der Waals surface area contributed by atoms with E-state index in [-0.39, 0.29) is 17.7 Å². The van der Waals surface area contributed by atoms with Crippen LogP contribution in [0.3, 0.4) is 0 Å². The molecule has 2 aromatic heterocycles. The van der Waals surface area contributed by atoms with Crippen LogP contribution >= 0.6 is 23.6 Å². The van der Waals surface area contributed by atoms with Crippen molar-refractivity contribution < 1.29 is 9.53 Å². The van der Waals surface area contributed by atoms with Crippen molar-refractivity contribution in [3.8, 4) is 17.1 Å². The Morgan fingerprint density at radius 2 is 1.85 bits per heavy atom. The molecule has 7 rings (SSSR count). The average molecular weight is 497 g/mol. The van der Waals surface area contributed by atoms with Gasteiger partial charge in [-0.1, -0.05) is 11.3 Å². The summed E-state index contributed by atoms with van der Waals surface area (Å²) in [6.45, 7) is 0.420. The van der Waals surface area contributed by atoms with E-state index < -0.39 is 0 Å². The number of rotatable bonds is 7. The summed E-state index contributed by atoms with van der Waals surface area (Å²) in [7, 11) is 1.63. The van der Waals surface area contributed by atoms with Gasteiger partial charge >= 0.3 is 0 Å². The third kappa shape index (κ3) is 3.96. The molecule has 3 aromatic rings. The second-order valence-corrected chi connectivity index (χ2v) is 11.5. The van der Waals surface area contributed by atoms with Gasteiger partial charge in [-0.05, 0) is 92.8 Å². The van der Waals surface area contributed by atoms with Crippen molar-refractivity contribution in [2.75, 3.05) is 12.4 Å². The number of nitrogens with one attached hydrogen (secondary N) is 2. The predicted octanol–water partition coefficient (Wildman–Crippen LogP) is 4.96. The molecule has 8 nitrogen and oxygen atoms in total. The lowest BCUT2D eigenvalue weighted by atomic mass is 9.50. The Hall–Kier alpha value is -2.59. The highest BCUT2D eigenvalue weighted by molar-refractivity contribution is 7.71. The molecule has 1 aromatic carbocycles. The Kier molecular flexibility index (Phi) is 5.52. The minimum Gasteiger partial charge on any atom is -0.497 e. The molecule has 2 heterocycles. The van der Waals surface area contributed by atoms with Crippen molar-refractivity contribution >= 4 is 34.6 Å². The van der Waals surface area contributed by atoms with E-state index >= 15 is 0 Å². The van der Waals surface area contributed by atoms with Crippen LogP contribution in [0.1, 0.15) is 50.0 Å². The van der Waals surface area contributed by atoms with E-state index in [0.29, 0.717) is 22.3 Å². The number of H-pyrrole nitrogens is 1. The molecule has 4 bridgehead atoms. The molecule has 2 N–H and O–H groups in total. The van der Waals surface area contributed by atoms with Crippen LogP contribution in [-0.2, 0) is 16.8 Å². The van der Waals surface area contributed by atoms with E-state index in [9.17, 15) is 4.79 Å². The summed E-state index contributed by atoms with van der Waals surface area (Å²) in [6.07, 6.45) is 8.20. The normalized spacial score (nSPS) is 27.1. The van der Waals surface area contributed by atoms with Gasteiger partial charge in [0.2, 0.25) is 11.0 Å². The zero-order chi connectivity index (χ0) is 23.3. The van der Waals surface area contributed by atoms with E-state index in [1.54, 1.807) is 18.4 Å². The van der Waals surface area contributed by atoms with Gasteiger partial charge in [0.25, 0.3) is 0 Å². The lowest BCUT2D eigenvalue weighted by Crippen LogP contribution is -2.48. The van der Waals surface area contributed by atoms with Crippen molar-refractivity contribution in [2.45, 2.75) is 56.9 Å². The molecule has 0 aliphatic heterocycles. The van der Waals surface area contributed by atoms with E-state index in [4.69, 9.17) is 17.0 Å². The van der Waals surface area contributed by atoms with Crippen LogP contribution < -0.4 is 10.1 Å². The largest absolute Gasteiger partial charge is 0.497 e. The van der Waals surface area contributed by atoms with Crippen molar-refractivity contribution in [1.82, 2.24) is 25.0 Å². The third-order valence-corrected chi connectivity index (χ3v) is 9.23. The molecule has 178 valence electrons. The summed E-state index contributed by atoms with van der Waals surface area (Å²) < 4.78 is 7.56.